The van der Waals surface area contributed by atoms with E-state index in [9.17, 15) is 14.7 Å². The second kappa shape index (κ2) is 16.0. The number of aliphatic hydroxyl groups excluding tert-OH is 1. The predicted molar refractivity (Wildman–Crippen MR) is 182 cm³/mol. The Kier molecular flexibility index (Phi) is 11.9. The molecule has 1 atom stereocenters. The Hall–Kier alpha value is -3.27. The van der Waals surface area contributed by atoms with E-state index in [0.717, 1.165) is 35.1 Å². The Morgan fingerprint density at radius 2 is 1.70 bits per heavy atom. The van der Waals surface area contributed by atoms with Crippen LogP contribution >= 0.6 is 34.8 Å². The summed E-state index contributed by atoms with van der Waals surface area (Å²) in [6, 6.07) is 18.1. The first-order valence-corrected chi connectivity index (χ1v) is 16.6. The van der Waals surface area contributed by atoms with Gasteiger partial charge < -0.3 is 30.1 Å². The number of amides is 2. The fourth-order valence-corrected chi connectivity index (χ4v) is 6.29. The van der Waals surface area contributed by atoms with E-state index >= 15 is 0 Å². The smallest absolute Gasteiger partial charge is 0.252 e. The number of aryl methyl sites for hydroxylation is 1. The molecular formula is C35H38Cl3N3O5. The fourth-order valence-electron chi connectivity index (χ4n) is 5.61. The number of carbonyl (C=O) groups is 2. The van der Waals surface area contributed by atoms with Gasteiger partial charge in [-0.2, -0.15) is 0 Å². The lowest BCUT2D eigenvalue weighted by Crippen LogP contribution is -2.46. The van der Waals surface area contributed by atoms with Crippen LogP contribution in [0.25, 0.3) is 5.57 Å². The van der Waals surface area contributed by atoms with Crippen LogP contribution in [0.5, 0.6) is 11.5 Å². The zero-order valence-electron chi connectivity index (χ0n) is 25.7. The molecule has 0 spiro atoms. The summed E-state index contributed by atoms with van der Waals surface area (Å²) in [5.74, 6) is 0.947. The number of nitrogens with one attached hydrogen (secondary N) is 2. The molecule has 5 rings (SSSR count). The number of hydrogen-bond acceptors (Lipinski definition) is 6. The second-order valence-electron chi connectivity index (χ2n) is 11.4. The third-order valence-electron chi connectivity index (χ3n) is 8.19. The number of para-hydroxylation sites is 1. The molecule has 3 N–H and O–H groups in total. The Morgan fingerprint density at radius 1 is 0.978 bits per heavy atom. The number of aliphatic hydroxyl groups is 1. The molecule has 1 fully saturated rings. The summed E-state index contributed by atoms with van der Waals surface area (Å²) in [5.41, 5.74) is 4.21. The van der Waals surface area contributed by atoms with Crippen LogP contribution in [-0.4, -0.2) is 67.3 Å². The first kappa shape index (κ1) is 34.1. The van der Waals surface area contributed by atoms with Crippen molar-refractivity contribution in [2.24, 2.45) is 0 Å². The van der Waals surface area contributed by atoms with Gasteiger partial charge in [-0.3, -0.25) is 9.59 Å². The SMILES string of the molecule is CNC(=O)CCc1ccc(Cl)c(CN(C(=O)C2=C(c3ccc(OCCOc4c(Cl)cccc4Cl)cc3)CCNC2CO)C2CC2)c1. The average Bonchev–Trinajstić information content (AvgIpc) is 3.91. The summed E-state index contributed by atoms with van der Waals surface area (Å²) in [6.45, 7) is 1.33. The quantitative estimate of drug-likeness (QED) is 0.178. The Morgan fingerprint density at radius 3 is 2.37 bits per heavy atom. The number of hydrogen-bond donors (Lipinski definition) is 3. The standard InChI is InChI=1S/C35H38Cl3N3O5/c1-39-32(43)14-6-22-5-13-28(36)24(19-22)20-41(25-9-10-25)35(44)33-27(15-16-40-31(33)21-42)23-7-11-26(12-8-23)45-17-18-46-34-29(37)3-2-4-30(34)38/h2-5,7-8,11-13,19,25,31,40,42H,6,9-10,14-18,20-21H2,1H3,(H,39,43). The molecule has 0 bridgehead atoms. The number of benzene rings is 3. The number of nitrogens with zero attached hydrogens (tertiary/aromatic N) is 1. The van der Waals surface area contributed by atoms with Crippen molar-refractivity contribution in [2.75, 3.05) is 33.4 Å². The number of halogens is 3. The molecule has 46 heavy (non-hydrogen) atoms. The molecule has 3 aromatic carbocycles. The van der Waals surface area contributed by atoms with Gasteiger partial charge in [-0.1, -0.05) is 65.1 Å². The van der Waals surface area contributed by atoms with Crippen molar-refractivity contribution in [1.29, 1.82) is 0 Å². The van der Waals surface area contributed by atoms with Crippen molar-refractivity contribution < 1.29 is 24.2 Å². The van der Waals surface area contributed by atoms with Crippen LogP contribution in [0.1, 0.15) is 42.4 Å². The van der Waals surface area contributed by atoms with Gasteiger partial charge in [-0.05, 0) is 84.8 Å². The first-order valence-electron chi connectivity index (χ1n) is 15.4. The summed E-state index contributed by atoms with van der Waals surface area (Å²) in [4.78, 5) is 28.0. The molecule has 0 saturated heterocycles. The molecule has 1 saturated carbocycles. The van der Waals surface area contributed by atoms with Crippen LogP contribution in [0.4, 0.5) is 0 Å². The van der Waals surface area contributed by atoms with E-state index < -0.39 is 6.04 Å². The minimum absolute atomic E-state index is 0.0296. The molecule has 1 aliphatic carbocycles. The van der Waals surface area contributed by atoms with E-state index in [2.05, 4.69) is 10.6 Å². The van der Waals surface area contributed by atoms with Gasteiger partial charge in [0, 0.05) is 36.7 Å². The minimum Gasteiger partial charge on any atom is -0.490 e. The van der Waals surface area contributed by atoms with E-state index in [1.54, 1.807) is 25.2 Å². The van der Waals surface area contributed by atoms with Crippen molar-refractivity contribution in [3.8, 4) is 11.5 Å². The molecule has 1 aliphatic heterocycles. The summed E-state index contributed by atoms with van der Waals surface area (Å²) in [6.07, 6.45) is 3.42. The first-order chi connectivity index (χ1) is 22.3. The van der Waals surface area contributed by atoms with E-state index in [0.29, 0.717) is 64.5 Å². The van der Waals surface area contributed by atoms with Gasteiger partial charge in [0.1, 0.15) is 19.0 Å². The van der Waals surface area contributed by atoms with E-state index in [-0.39, 0.29) is 37.7 Å². The Balaban J connectivity index is 1.32. The molecule has 244 valence electrons. The molecule has 8 nitrogen and oxygen atoms in total. The molecule has 3 aromatic rings. The van der Waals surface area contributed by atoms with Crippen molar-refractivity contribution >= 4 is 52.2 Å². The van der Waals surface area contributed by atoms with Crippen molar-refractivity contribution in [2.45, 2.75) is 50.7 Å². The zero-order chi connectivity index (χ0) is 32.6. The van der Waals surface area contributed by atoms with Gasteiger partial charge in [0.15, 0.2) is 5.75 Å². The number of rotatable bonds is 14. The average molecular weight is 687 g/mol. The van der Waals surface area contributed by atoms with Gasteiger partial charge in [0.25, 0.3) is 5.91 Å². The lowest BCUT2D eigenvalue weighted by atomic mass is 9.88. The largest absolute Gasteiger partial charge is 0.490 e. The maximum atomic E-state index is 14.4. The molecule has 2 aliphatic rings. The summed E-state index contributed by atoms with van der Waals surface area (Å²) in [5, 5.41) is 17.7. The van der Waals surface area contributed by atoms with Crippen LogP contribution in [0.2, 0.25) is 15.1 Å². The molecule has 2 amide bonds. The maximum absolute atomic E-state index is 14.4. The summed E-state index contributed by atoms with van der Waals surface area (Å²) in [7, 11) is 1.62. The van der Waals surface area contributed by atoms with Crippen LogP contribution in [0.15, 0.2) is 66.2 Å². The van der Waals surface area contributed by atoms with Crippen molar-refractivity contribution in [3.05, 3.63) is 98.0 Å². The van der Waals surface area contributed by atoms with Gasteiger partial charge in [0.05, 0.1) is 22.7 Å². The summed E-state index contributed by atoms with van der Waals surface area (Å²) >= 11 is 19.0. The number of ether oxygens (including phenoxy) is 2. The Bertz CT molecular complexity index is 1560. The van der Waals surface area contributed by atoms with Gasteiger partial charge in [0.2, 0.25) is 5.91 Å². The topological polar surface area (TPSA) is 100 Å². The maximum Gasteiger partial charge on any atom is 0.252 e. The van der Waals surface area contributed by atoms with Crippen molar-refractivity contribution in [1.82, 2.24) is 15.5 Å². The molecular weight excluding hydrogens is 649 g/mol. The monoisotopic (exact) mass is 685 g/mol. The lowest BCUT2D eigenvalue weighted by molar-refractivity contribution is -0.128. The van der Waals surface area contributed by atoms with Crippen LogP contribution in [-0.2, 0) is 22.6 Å². The summed E-state index contributed by atoms with van der Waals surface area (Å²) < 4.78 is 11.6. The van der Waals surface area contributed by atoms with Gasteiger partial charge in [-0.25, -0.2) is 0 Å². The molecule has 1 heterocycles. The molecule has 0 radical (unpaired) electrons. The highest BCUT2D eigenvalue weighted by Gasteiger charge is 2.38. The second-order valence-corrected chi connectivity index (χ2v) is 12.6. The minimum atomic E-state index is -0.489. The highest BCUT2D eigenvalue weighted by Crippen LogP contribution is 2.36. The lowest BCUT2D eigenvalue weighted by Gasteiger charge is -2.33. The van der Waals surface area contributed by atoms with Gasteiger partial charge in [-0.15, -0.1) is 0 Å². The van der Waals surface area contributed by atoms with E-state index in [1.165, 1.54) is 0 Å². The third kappa shape index (κ3) is 8.55. The predicted octanol–water partition coefficient (Wildman–Crippen LogP) is 6.08. The number of carbonyl (C=O) groups excluding carboxylic acids is 2. The molecule has 1 unspecified atom stereocenters. The van der Waals surface area contributed by atoms with Crippen LogP contribution in [0.3, 0.4) is 0 Å². The van der Waals surface area contributed by atoms with E-state index in [4.69, 9.17) is 44.3 Å². The Labute approximate surface area is 284 Å². The zero-order valence-corrected chi connectivity index (χ0v) is 27.9. The van der Waals surface area contributed by atoms with E-state index in [1.807, 2.05) is 47.4 Å². The fraction of sp³-hybridized carbons (Fsp3) is 0.371. The van der Waals surface area contributed by atoms with Crippen molar-refractivity contribution in [3.63, 3.8) is 0 Å². The molecule has 11 heteroatoms. The van der Waals surface area contributed by atoms with Crippen LogP contribution < -0.4 is 20.1 Å². The normalized spacial score (nSPS) is 16.2. The highest BCUT2D eigenvalue weighted by atomic mass is 35.5. The van der Waals surface area contributed by atoms with Crippen LogP contribution in [0, 0.1) is 0 Å². The highest BCUT2D eigenvalue weighted by molar-refractivity contribution is 6.37. The third-order valence-corrected chi connectivity index (χ3v) is 9.16. The molecule has 0 aromatic heterocycles. The van der Waals surface area contributed by atoms with Gasteiger partial charge >= 0.3 is 0 Å².